The Bertz CT molecular complexity index is 367. The summed E-state index contributed by atoms with van der Waals surface area (Å²) in [6.07, 6.45) is 0.655. The molecule has 0 amide bonds. The molecule has 1 unspecified atom stereocenters. The monoisotopic (exact) mass is 240 g/mol. The van der Waals surface area contributed by atoms with Crippen LogP contribution in [0.1, 0.15) is 38.9 Å². The zero-order valence-electron chi connectivity index (χ0n) is 10.8. The molecule has 1 aromatic rings. The number of anilines is 1. The number of nitrogen functional groups attached to an aromatic ring is 1. The van der Waals surface area contributed by atoms with Crippen LogP contribution >= 0.6 is 0 Å². The Labute approximate surface area is 101 Å². The van der Waals surface area contributed by atoms with E-state index in [0.29, 0.717) is 30.7 Å². The average molecular weight is 240 g/mol. The molecule has 2 N–H and O–H groups in total. The van der Waals surface area contributed by atoms with Crippen LogP contribution < -0.4 is 5.73 Å². The van der Waals surface area contributed by atoms with Gasteiger partial charge < -0.3 is 10.5 Å². The molecule has 1 aromatic heterocycles. The quantitative estimate of drug-likeness (QED) is 0.779. The van der Waals surface area contributed by atoms with Gasteiger partial charge in [-0.05, 0) is 19.3 Å². The van der Waals surface area contributed by atoms with Crippen LogP contribution in [0.4, 0.5) is 5.95 Å². The van der Waals surface area contributed by atoms with Crippen LogP contribution in [0.15, 0.2) is 0 Å². The minimum atomic E-state index is -0.432. The van der Waals surface area contributed by atoms with Gasteiger partial charge in [-0.3, -0.25) is 4.79 Å². The van der Waals surface area contributed by atoms with Crippen LogP contribution in [0.5, 0.6) is 0 Å². The second-order valence-corrected chi connectivity index (χ2v) is 4.39. The maximum atomic E-state index is 11.8. The van der Waals surface area contributed by atoms with Gasteiger partial charge in [0.05, 0.1) is 6.61 Å². The van der Waals surface area contributed by atoms with E-state index < -0.39 is 5.92 Å². The van der Waals surface area contributed by atoms with Crippen LogP contribution in [0, 0.1) is 5.92 Å². The number of carbonyl (C=O) groups excluding carboxylic acids is 1. The maximum absolute atomic E-state index is 11.8. The molecule has 0 fully saturated rings. The fourth-order valence-electron chi connectivity index (χ4n) is 1.59. The molecule has 0 saturated heterocycles. The fraction of sp³-hybridized carbons (Fsp3) is 0.727. The summed E-state index contributed by atoms with van der Waals surface area (Å²) in [5, 5.41) is 4.15. The summed E-state index contributed by atoms with van der Waals surface area (Å²) in [4.78, 5) is 15.9. The van der Waals surface area contributed by atoms with E-state index in [0.717, 1.165) is 0 Å². The predicted molar refractivity (Wildman–Crippen MR) is 64.2 cm³/mol. The normalized spacial score (nSPS) is 12.8. The molecule has 6 nitrogen and oxygen atoms in total. The molecule has 6 heteroatoms. The van der Waals surface area contributed by atoms with Crippen molar-refractivity contribution in [2.24, 2.45) is 13.0 Å². The van der Waals surface area contributed by atoms with Gasteiger partial charge in [-0.15, -0.1) is 0 Å². The number of nitrogens with two attached hydrogens (primary N) is 1. The second-order valence-electron chi connectivity index (χ2n) is 4.39. The van der Waals surface area contributed by atoms with Crippen LogP contribution in [-0.4, -0.2) is 27.3 Å². The first-order valence-electron chi connectivity index (χ1n) is 5.78. The molecular formula is C11H20N4O2. The van der Waals surface area contributed by atoms with E-state index in [4.69, 9.17) is 10.5 Å². The maximum Gasteiger partial charge on any atom is 0.316 e. The molecule has 0 aliphatic rings. The van der Waals surface area contributed by atoms with E-state index in [1.807, 2.05) is 13.8 Å². The lowest BCUT2D eigenvalue weighted by atomic mass is 9.96. The standard InChI is InChI=1S/C11H20N4O2/c1-5-17-10(16)8(6-7(2)3)9-13-11(12)15(4)14-9/h7-8H,5-6H2,1-4H3,(H2,12,13,14). The SMILES string of the molecule is CCOC(=O)C(CC(C)C)c1nc(N)n(C)n1. The molecule has 0 spiro atoms. The van der Waals surface area contributed by atoms with Gasteiger partial charge in [0, 0.05) is 7.05 Å². The average Bonchev–Trinajstić information content (AvgIpc) is 2.55. The van der Waals surface area contributed by atoms with Crippen molar-refractivity contribution in [3.63, 3.8) is 0 Å². The van der Waals surface area contributed by atoms with Crippen molar-refractivity contribution in [1.29, 1.82) is 0 Å². The Kier molecular flexibility index (Phi) is 4.48. The minimum Gasteiger partial charge on any atom is -0.465 e. The lowest BCUT2D eigenvalue weighted by molar-refractivity contribution is -0.145. The fourth-order valence-corrected chi connectivity index (χ4v) is 1.59. The summed E-state index contributed by atoms with van der Waals surface area (Å²) < 4.78 is 6.50. The summed E-state index contributed by atoms with van der Waals surface area (Å²) >= 11 is 0. The highest BCUT2D eigenvalue weighted by Crippen LogP contribution is 2.23. The summed E-state index contributed by atoms with van der Waals surface area (Å²) in [5.41, 5.74) is 5.62. The highest BCUT2D eigenvalue weighted by atomic mass is 16.5. The first-order valence-corrected chi connectivity index (χ1v) is 5.78. The molecule has 96 valence electrons. The molecule has 1 atom stereocenters. The number of nitrogens with zero attached hydrogens (tertiary/aromatic N) is 3. The van der Waals surface area contributed by atoms with E-state index in [1.54, 1.807) is 14.0 Å². The first kappa shape index (κ1) is 13.5. The Hall–Kier alpha value is -1.59. The van der Waals surface area contributed by atoms with Crippen molar-refractivity contribution < 1.29 is 9.53 Å². The number of aryl methyl sites for hydroxylation is 1. The van der Waals surface area contributed by atoms with Gasteiger partial charge in [0.25, 0.3) is 0 Å². The van der Waals surface area contributed by atoms with Crippen LogP contribution in [0.25, 0.3) is 0 Å². The number of hydrogen-bond acceptors (Lipinski definition) is 5. The van der Waals surface area contributed by atoms with E-state index in [2.05, 4.69) is 10.1 Å². The zero-order chi connectivity index (χ0) is 13.0. The molecular weight excluding hydrogens is 220 g/mol. The number of esters is 1. The summed E-state index contributed by atoms with van der Waals surface area (Å²) in [7, 11) is 1.70. The van der Waals surface area contributed by atoms with Gasteiger partial charge in [0.1, 0.15) is 5.92 Å². The molecule has 0 aliphatic heterocycles. The van der Waals surface area contributed by atoms with Gasteiger partial charge in [0.15, 0.2) is 5.82 Å². The number of rotatable bonds is 5. The molecule has 1 rings (SSSR count). The highest BCUT2D eigenvalue weighted by Gasteiger charge is 2.27. The van der Waals surface area contributed by atoms with Crippen molar-refractivity contribution in [2.75, 3.05) is 12.3 Å². The van der Waals surface area contributed by atoms with E-state index in [9.17, 15) is 4.79 Å². The zero-order valence-corrected chi connectivity index (χ0v) is 10.8. The summed E-state index contributed by atoms with van der Waals surface area (Å²) in [6.45, 7) is 6.22. The van der Waals surface area contributed by atoms with Gasteiger partial charge in [-0.1, -0.05) is 13.8 Å². The predicted octanol–water partition coefficient (Wildman–Crippen LogP) is 1.09. The third-order valence-corrected chi connectivity index (χ3v) is 2.40. The smallest absolute Gasteiger partial charge is 0.316 e. The van der Waals surface area contributed by atoms with Gasteiger partial charge in [0.2, 0.25) is 5.95 Å². The van der Waals surface area contributed by atoms with Gasteiger partial charge >= 0.3 is 5.97 Å². The number of aromatic nitrogens is 3. The molecule has 17 heavy (non-hydrogen) atoms. The van der Waals surface area contributed by atoms with Crippen molar-refractivity contribution in [3.8, 4) is 0 Å². The van der Waals surface area contributed by atoms with Crippen molar-refractivity contribution >= 4 is 11.9 Å². The van der Waals surface area contributed by atoms with E-state index >= 15 is 0 Å². The largest absolute Gasteiger partial charge is 0.465 e. The minimum absolute atomic E-state index is 0.285. The molecule has 0 saturated carbocycles. The summed E-state index contributed by atoms with van der Waals surface area (Å²) in [6, 6.07) is 0. The Morgan fingerprint density at radius 1 is 1.53 bits per heavy atom. The van der Waals surface area contributed by atoms with Gasteiger partial charge in [-0.25, -0.2) is 4.68 Å². The molecule has 0 aliphatic carbocycles. The van der Waals surface area contributed by atoms with E-state index in [-0.39, 0.29) is 5.97 Å². The second kappa shape index (κ2) is 5.65. The Balaban J connectivity index is 2.93. The topological polar surface area (TPSA) is 83.0 Å². The van der Waals surface area contributed by atoms with E-state index in [1.165, 1.54) is 4.68 Å². The molecule has 0 aromatic carbocycles. The first-order chi connectivity index (χ1) is 7.95. The lowest BCUT2D eigenvalue weighted by Crippen LogP contribution is -2.19. The molecule has 0 radical (unpaired) electrons. The van der Waals surface area contributed by atoms with Crippen LogP contribution in [0.3, 0.4) is 0 Å². The van der Waals surface area contributed by atoms with Crippen molar-refractivity contribution in [2.45, 2.75) is 33.1 Å². The summed E-state index contributed by atoms with van der Waals surface area (Å²) in [5.74, 6) is 0.384. The number of ether oxygens (including phenoxy) is 1. The highest BCUT2D eigenvalue weighted by molar-refractivity contribution is 5.77. The third kappa shape index (κ3) is 3.44. The molecule has 0 bridgehead atoms. The number of carbonyl (C=O) groups is 1. The van der Waals surface area contributed by atoms with Gasteiger partial charge in [-0.2, -0.15) is 10.1 Å². The van der Waals surface area contributed by atoms with Crippen LogP contribution in [-0.2, 0) is 16.6 Å². The number of hydrogen-bond donors (Lipinski definition) is 1. The van der Waals surface area contributed by atoms with Crippen molar-refractivity contribution in [3.05, 3.63) is 5.82 Å². The third-order valence-electron chi connectivity index (χ3n) is 2.40. The lowest BCUT2D eigenvalue weighted by Gasteiger charge is -2.14. The Morgan fingerprint density at radius 3 is 2.59 bits per heavy atom. The molecule has 1 heterocycles. The van der Waals surface area contributed by atoms with Crippen LogP contribution in [0.2, 0.25) is 0 Å². The Morgan fingerprint density at radius 2 is 2.18 bits per heavy atom. The van der Waals surface area contributed by atoms with Crippen molar-refractivity contribution in [1.82, 2.24) is 14.8 Å².